The van der Waals surface area contributed by atoms with Gasteiger partial charge in [-0.1, -0.05) is 25.7 Å². The lowest BCUT2D eigenvalue weighted by Crippen LogP contribution is -2.28. The van der Waals surface area contributed by atoms with Crippen LogP contribution in [0.25, 0.3) is 5.57 Å². The summed E-state index contributed by atoms with van der Waals surface area (Å²) in [7, 11) is 0. The van der Waals surface area contributed by atoms with Crippen molar-refractivity contribution in [2.75, 3.05) is 24.3 Å². The molecule has 0 saturated heterocycles. The Kier molecular flexibility index (Phi) is 11.4. The van der Waals surface area contributed by atoms with E-state index in [9.17, 15) is 9.59 Å². The van der Waals surface area contributed by atoms with Gasteiger partial charge in [-0.15, -0.1) is 11.6 Å². The molecule has 10 nitrogen and oxygen atoms in total. The highest BCUT2D eigenvalue weighted by molar-refractivity contribution is 6.19. The number of anilines is 1. The molecule has 1 atom stereocenters. The highest BCUT2D eigenvalue weighted by Crippen LogP contribution is 2.20. The van der Waals surface area contributed by atoms with Crippen LogP contribution < -0.4 is 20.7 Å². The van der Waals surface area contributed by atoms with Crippen molar-refractivity contribution in [2.45, 2.75) is 46.3 Å². The van der Waals surface area contributed by atoms with Gasteiger partial charge in [0.05, 0.1) is 0 Å². The molecule has 2 heterocycles. The molecule has 0 saturated carbocycles. The normalized spacial score (nSPS) is 12.8. The quantitative estimate of drug-likeness (QED) is 0.260. The zero-order chi connectivity index (χ0) is 27.4. The molecule has 0 aromatic carbocycles. The van der Waals surface area contributed by atoms with Crippen LogP contribution in [0.2, 0.25) is 0 Å². The molecule has 0 fully saturated rings. The van der Waals surface area contributed by atoms with Crippen LogP contribution in [0.1, 0.15) is 50.7 Å². The van der Waals surface area contributed by atoms with Gasteiger partial charge in [0, 0.05) is 35.9 Å². The molecule has 1 unspecified atom stereocenters. The van der Waals surface area contributed by atoms with Crippen LogP contribution in [0.5, 0.6) is 5.88 Å². The first-order valence-corrected chi connectivity index (χ1v) is 12.3. The molecule has 0 aliphatic rings. The van der Waals surface area contributed by atoms with E-state index in [-0.39, 0.29) is 17.8 Å². The van der Waals surface area contributed by atoms with E-state index in [0.29, 0.717) is 24.0 Å². The van der Waals surface area contributed by atoms with Crippen LogP contribution in [0.4, 0.5) is 10.8 Å². The Labute approximate surface area is 222 Å². The Morgan fingerprint density at radius 3 is 2.68 bits per heavy atom. The maximum Gasteiger partial charge on any atom is 0.415 e. The largest absolute Gasteiger partial charge is 0.473 e. The van der Waals surface area contributed by atoms with E-state index in [2.05, 4.69) is 32.5 Å². The Balaban J connectivity index is 2.06. The Hall–Kier alpha value is -3.63. The first kappa shape index (κ1) is 29.6. The van der Waals surface area contributed by atoms with Crippen LogP contribution in [0, 0.1) is 0 Å². The summed E-state index contributed by atoms with van der Waals surface area (Å²) in [4.78, 5) is 32.8. The van der Waals surface area contributed by atoms with E-state index in [1.165, 1.54) is 0 Å². The molecule has 0 aliphatic heterocycles. The highest BCUT2D eigenvalue weighted by Gasteiger charge is 2.19. The fraction of sp³-hybridized carbons (Fsp3) is 0.385. The number of amides is 2. The summed E-state index contributed by atoms with van der Waals surface area (Å²) >= 11 is 5.83. The summed E-state index contributed by atoms with van der Waals surface area (Å²) in [5, 5.41) is 8.20. The summed E-state index contributed by atoms with van der Waals surface area (Å²) in [6.45, 7) is 14.6. The van der Waals surface area contributed by atoms with Gasteiger partial charge >= 0.3 is 12.1 Å². The minimum absolute atomic E-state index is 0.0316. The molecule has 2 aromatic rings. The van der Waals surface area contributed by atoms with E-state index >= 15 is 0 Å². The highest BCUT2D eigenvalue weighted by atomic mass is 35.5. The summed E-state index contributed by atoms with van der Waals surface area (Å²) in [5.41, 5.74) is 1.05. The number of nitrogens with one attached hydrogen (secondary N) is 3. The maximum absolute atomic E-state index is 12.6. The van der Waals surface area contributed by atoms with Crippen molar-refractivity contribution in [3.63, 3.8) is 0 Å². The molecule has 0 spiro atoms. The standard InChI is InChI=1S/C26H34ClN5O5/c1-7-28-14-18(3)36-22-11-10-20(15-29-22)19(9-8-12-27)13-17(2)30-23(33)21-16-35-24(31-21)32-25(34)37-26(4,5)6/h8-11,13,15-16,18,28H,2,7,12,14H2,1,3-6H3,(H,30,33)(H,31,32,34)/b9-8-,19-13+. The molecule has 2 aromatic heterocycles. The second-order valence-corrected chi connectivity index (χ2v) is 9.23. The first-order chi connectivity index (χ1) is 17.5. The molecule has 200 valence electrons. The lowest BCUT2D eigenvalue weighted by Gasteiger charge is -2.18. The van der Waals surface area contributed by atoms with Gasteiger partial charge in [-0.25, -0.2) is 15.1 Å². The zero-order valence-electron chi connectivity index (χ0n) is 21.8. The predicted octanol–water partition coefficient (Wildman–Crippen LogP) is 4.92. The average molecular weight is 532 g/mol. The Bertz CT molecular complexity index is 1120. The van der Waals surface area contributed by atoms with Crippen LogP contribution in [0.15, 0.2) is 59.5 Å². The van der Waals surface area contributed by atoms with E-state index in [1.54, 1.807) is 51.3 Å². The van der Waals surface area contributed by atoms with Crippen molar-refractivity contribution < 1.29 is 23.5 Å². The van der Waals surface area contributed by atoms with Gasteiger partial charge < -0.3 is 24.5 Å². The van der Waals surface area contributed by atoms with Crippen LogP contribution in [-0.4, -0.2) is 52.6 Å². The third-order valence-corrected chi connectivity index (χ3v) is 4.59. The van der Waals surface area contributed by atoms with Crippen LogP contribution in [0.3, 0.4) is 0 Å². The van der Waals surface area contributed by atoms with E-state index in [4.69, 9.17) is 25.5 Å². The number of aromatic nitrogens is 2. The minimum atomic E-state index is -0.749. The number of hydrogen-bond donors (Lipinski definition) is 3. The number of likely N-dealkylation sites (N-methyl/N-ethyl adjacent to an activating group) is 1. The molecular formula is C26H34ClN5O5. The topological polar surface area (TPSA) is 128 Å². The van der Waals surface area contributed by atoms with Gasteiger partial charge in [-0.05, 0) is 52.0 Å². The number of allylic oxidation sites excluding steroid dienone is 4. The van der Waals surface area contributed by atoms with Crippen LogP contribution in [-0.2, 0) is 4.74 Å². The van der Waals surface area contributed by atoms with Gasteiger partial charge in [-0.2, -0.15) is 4.98 Å². The van der Waals surface area contributed by atoms with Crippen molar-refractivity contribution >= 4 is 35.2 Å². The number of oxazole rings is 1. The van der Waals surface area contributed by atoms with Gasteiger partial charge in [0.2, 0.25) is 5.88 Å². The van der Waals surface area contributed by atoms with Crippen molar-refractivity contribution in [1.29, 1.82) is 0 Å². The fourth-order valence-corrected chi connectivity index (χ4v) is 2.96. The first-order valence-electron chi connectivity index (χ1n) is 11.7. The van der Waals surface area contributed by atoms with E-state index in [1.807, 2.05) is 19.9 Å². The minimum Gasteiger partial charge on any atom is -0.473 e. The molecule has 2 amide bonds. The van der Waals surface area contributed by atoms with Gasteiger partial charge in [0.1, 0.15) is 18.0 Å². The molecule has 2 rings (SSSR count). The molecule has 11 heteroatoms. The number of carbonyl (C=O) groups is 2. The average Bonchev–Trinajstić information content (AvgIpc) is 3.28. The predicted molar refractivity (Wildman–Crippen MR) is 144 cm³/mol. The second kappa shape index (κ2) is 14.2. The second-order valence-electron chi connectivity index (χ2n) is 8.92. The number of alkyl halides is 1. The number of ether oxygens (including phenoxy) is 2. The van der Waals surface area contributed by atoms with Crippen molar-refractivity contribution in [3.8, 4) is 5.88 Å². The molecule has 0 bridgehead atoms. The van der Waals surface area contributed by atoms with Crippen molar-refractivity contribution in [3.05, 3.63) is 66.4 Å². The Morgan fingerprint density at radius 2 is 2.05 bits per heavy atom. The molecular weight excluding hydrogens is 498 g/mol. The van der Waals surface area contributed by atoms with E-state index < -0.39 is 17.6 Å². The smallest absolute Gasteiger partial charge is 0.415 e. The number of halogens is 1. The number of carbonyl (C=O) groups excluding carboxylic acids is 2. The summed E-state index contributed by atoms with van der Waals surface area (Å²) in [5.74, 6) is 0.238. The molecule has 37 heavy (non-hydrogen) atoms. The lowest BCUT2D eigenvalue weighted by atomic mass is 10.1. The molecule has 0 radical (unpaired) electrons. The summed E-state index contributed by atoms with van der Waals surface area (Å²) < 4.78 is 16.1. The fourth-order valence-electron chi connectivity index (χ4n) is 2.88. The van der Waals surface area contributed by atoms with Gasteiger partial charge in [0.25, 0.3) is 5.91 Å². The summed E-state index contributed by atoms with van der Waals surface area (Å²) in [6.07, 6.45) is 7.24. The number of pyridine rings is 1. The number of nitrogens with zero attached hydrogens (tertiary/aromatic N) is 2. The number of rotatable bonds is 12. The van der Waals surface area contributed by atoms with Gasteiger partial charge in [-0.3, -0.25) is 4.79 Å². The van der Waals surface area contributed by atoms with E-state index in [0.717, 1.165) is 23.9 Å². The summed E-state index contributed by atoms with van der Waals surface area (Å²) in [6, 6.07) is 3.46. The number of hydrogen-bond acceptors (Lipinski definition) is 8. The Morgan fingerprint density at radius 1 is 1.30 bits per heavy atom. The SMILES string of the molecule is C=C(/C=C(\C=C/CCl)c1ccc(OC(C)CNCC)nc1)NC(=O)c1coc(NC(=O)OC(C)(C)C)n1. The van der Waals surface area contributed by atoms with Crippen LogP contribution >= 0.6 is 11.6 Å². The zero-order valence-corrected chi connectivity index (χ0v) is 22.5. The van der Waals surface area contributed by atoms with Gasteiger partial charge in [0.15, 0.2) is 5.69 Å². The maximum atomic E-state index is 12.6. The van der Waals surface area contributed by atoms with Crippen molar-refractivity contribution in [2.24, 2.45) is 0 Å². The van der Waals surface area contributed by atoms with Crippen molar-refractivity contribution in [1.82, 2.24) is 20.6 Å². The monoisotopic (exact) mass is 531 g/mol. The third kappa shape index (κ3) is 10.9. The molecule has 3 N–H and O–H groups in total. The molecule has 0 aliphatic carbocycles. The lowest BCUT2D eigenvalue weighted by molar-refractivity contribution is 0.0631. The third-order valence-electron chi connectivity index (χ3n) is 4.41.